The number of hydrazone groups is 1. The van der Waals surface area contributed by atoms with Gasteiger partial charge in [-0.15, -0.1) is 0 Å². The van der Waals surface area contributed by atoms with E-state index in [4.69, 9.17) is 32.7 Å². The topological polar surface area (TPSA) is 34.1 Å². The van der Waals surface area contributed by atoms with Gasteiger partial charge in [0.05, 0.1) is 13.3 Å². The molecule has 0 saturated heterocycles. The lowest BCUT2D eigenvalue weighted by atomic mass is 10.2. The Bertz CT molecular complexity index is 703. The fourth-order valence-electron chi connectivity index (χ4n) is 1.86. The van der Waals surface area contributed by atoms with Crippen LogP contribution in [-0.4, -0.2) is 32.4 Å². The Hall–Kier alpha value is -1.91. The lowest BCUT2D eigenvalue weighted by Gasteiger charge is -2.12. The summed E-state index contributed by atoms with van der Waals surface area (Å²) in [6, 6.07) is 10.9. The molecule has 0 fully saturated rings. The molecule has 0 radical (unpaired) electrons. The van der Waals surface area contributed by atoms with Gasteiger partial charge in [-0.3, -0.25) is 0 Å². The summed E-state index contributed by atoms with van der Waals surface area (Å²) in [7, 11) is 5.32. The van der Waals surface area contributed by atoms with E-state index in [-0.39, 0.29) is 0 Å². The number of hydrogen-bond acceptors (Lipinski definition) is 4. The van der Waals surface area contributed by atoms with E-state index in [9.17, 15) is 0 Å². The van der Waals surface area contributed by atoms with Crippen molar-refractivity contribution >= 4 is 29.4 Å². The SMILES string of the molecule is COc1ccc(/C=N/N(C)C)cc1OCc1ccc(Cl)cc1Cl. The third kappa shape index (κ3) is 5.05. The van der Waals surface area contributed by atoms with Crippen LogP contribution in [0, 0.1) is 0 Å². The van der Waals surface area contributed by atoms with Crippen molar-refractivity contribution in [2.75, 3.05) is 21.2 Å². The molecule has 0 aliphatic carbocycles. The first-order valence-electron chi connectivity index (χ1n) is 6.95. The molecule has 4 nitrogen and oxygen atoms in total. The minimum absolute atomic E-state index is 0.320. The Morgan fingerprint density at radius 1 is 1.09 bits per heavy atom. The van der Waals surface area contributed by atoms with Gasteiger partial charge >= 0.3 is 0 Å². The van der Waals surface area contributed by atoms with E-state index < -0.39 is 0 Å². The zero-order valence-corrected chi connectivity index (χ0v) is 14.7. The number of halogens is 2. The maximum absolute atomic E-state index is 6.16. The van der Waals surface area contributed by atoms with Crippen molar-refractivity contribution in [3.8, 4) is 11.5 Å². The van der Waals surface area contributed by atoms with Crippen LogP contribution in [0.2, 0.25) is 10.0 Å². The summed E-state index contributed by atoms with van der Waals surface area (Å²) in [5, 5.41) is 7.10. The molecule has 2 rings (SSSR count). The number of ether oxygens (including phenoxy) is 2. The largest absolute Gasteiger partial charge is 0.493 e. The van der Waals surface area contributed by atoms with Crippen LogP contribution in [0.3, 0.4) is 0 Å². The molecule has 0 N–H and O–H groups in total. The zero-order valence-electron chi connectivity index (χ0n) is 13.2. The minimum Gasteiger partial charge on any atom is -0.493 e. The summed E-state index contributed by atoms with van der Waals surface area (Å²) in [6.07, 6.45) is 1.75. The minimum atomic E-state index is 0.320. The molecule has 0 amide bonds. The predicted octanol–water partition coefficient (Wildman–Crippen LogP) is 4.48. The molecule has 0 aliphatic rings. The van der Waals surface area contributed by atoms with Gasteiger partial charge < -0.3 is 14.5 Å². The first-order chi connectivity index (χ1) is 11.0. The van der Waals surface area contributed by atoms with Gasteiger partial charge in [-0.1, -0.05) is 29.3 Å². The normalized spacial score (nSPS) is 10.8. The number of rotatable bonds is 6. The van der Waals surface area contributed by atoms with Crippen molar-refractivity contribution in [1.82, 2.24) is 5.01 Å². The van der Waals surface area contributed by atoms with Crippen molar-refractivity contribution < 1.29 is 9.47 Å². The molecule has 122 valence electrons. The molecule has 0 bridgehead atoms. The fraction of sp³-hybridized carbons (Fsp3) is 0.235. The Morgan fingerprint density at radius 2 is 1.87 bits per heavy atom. The molecule has 0 atom stereocenters. The standard InChI is InChI=1S/C17H18Cl2N2O2/c1-21(2)20-10-12-4-7-16(22-3)17(8-12)23-11-13-5-6-14(18)9-15(13)19/h4-10H,11H2,1-3H3/b20-10+. The summed E-state index contributed by atoms with van der Waals surface area (Å²) in [5.74, 6) is 1.28. The molecule has 0 aromatic heterocycles. The molecular weight excluding hydrogens is 335 g/mol. The second kappa shape index (κ2) is 8.09. The lowest BCUT2D eigenvalue weighted by molar-refractivity contribution is 0.284. The van der Waals surface area contributed by atoms with Gasteiger partial charge in [-0.2, -0.15) is 5.10 Å². The van der Waals surface area contributed by atoms with Crippen LogP contribution in [0.1, 0.15) is 11.1 Å². The highest BCUT2D eigenvalue weighted by molar-refractivity contribution is 6.35. The number of hydrogen-bond donors (Lipinski definition) is 0. The van der Waals surface area contributed by atoms with E-state index in [0.717, 1.165) is 11.1 Å². The molecule has 0 unspecified atom stereocenters. The molecule has 6 heteroatoms. The van der Waals surface area contributed by atoms with Crippen LogP contribution in [0.25, 0.3) is 0 Å². The number of nitrogens with zero attached hydrogens (tertiary/aromatic N) is 2. The lowest BCUT2D eigenvalue weighted by Crippen LogP contribution is -2.02. The highest BCUT2D eigenvalue weighted by Gasteiger charge is 2.08. The van der Waals surface area contributed by atoms with E-state index in [0.29, 0.717) is 28.2 Å². The molecule has 0 spiro atoms. The summed E-state index contributed by atoms with van der Waals surface area (Å²) in [6.45, 7) is 0.320. The number of methoxy groups -OCH3 is 1. The quantitative estimate of drug-likeness (QED) is 0.567. The van der Waals surface area contributed by atoms with Crippen molar-refractivity contribution in [3.05, 3.63) is 57.6 Å². The first kappa shape index (κ1) is 17.4. The highest BCUT2D eigenvalue weighted by atomic mass is 35.5. The van der Waals surface area contributed by atoms with Gasteiger partial charge in [-0.25, -0.2) is 0 Å². The Morgan fingerprint density at radius 3 is 2.52 bits per heavy atom. The molecule has 2 aromatic carbocycles. The van der Waals surface area contributed by atoms with Crippen molar-refractivity contribution in [2.45, 2.75) is 6.61 Å². The molecule has 23 heavy (non-hydrogen) atoms. The summed E-state index contributed by atoms with van der Waals surface area (Å²) in [5.41, 5.74) is 1.77. The van der Waals surface area contributed by atoms with E-state index in [2.05, 4.69) is 5.10 Å². The smallest absolute Gasteiger partial charge is 0.162 e. The number of benzene rings is 2. The fourth-order valence-corrected chi connectivity index (χ4v) is 2.33. The molecule has 2 aromatic rings. The van der Waals surface area contributed by atoms with Gasteiger partial charge in [0.1, 0.15) is 6.61 Å². The summed E-state index contributed by atoms with van der Waals surface area (Å²) < 4.78 is 11.2. The average molecular weight is 353 g/mol. The van der Waals surface area contributed by atoms with Gasteiger partial charge in [0.25, 0.3) is 0 Å². The maximum Gasteiger partial charge on any atom is 0.162 e. The maximum atomic E-state index is 6.16. The van der Waals surface area contributed by atoms with Gasteiger partial charge in [0.2, 0.25) is 0 Å². The highest BCUT2D eigenvalue weighted by Crippen LogP contribution is 2.29. The van der Waals surface area contributed by atoms with Crippen LogP contribution in [0.5, 0.6) is 11.5 Å². The second-order valence-electron chi connectivity index (χ2n) is 5.03. The Kier molecular flexibility index (Phi) is 6.13. The van der Waals surface area contributed by atoms with Crippen LogP contribution in [-0.2, 0) is 6.61 Å². The van der Waals surface area contributed by atoms with Gasteiger partial charge in [0.15, 0.2) is 11.5 Å². The molecule has 0 saturated carbocycles. The first-order valence-corrected chi connectivity index (χ1v) is 7.71. The van der Waals surface area contributed by atoms with Gasteiger partial charge in [-0.05, 0) is 35.9 Å². The van der Waals surface area contributed by atoms with Crippen LogP contribution < -0.4 is 9.47 Å². The van der Waals surface area contributed by atoms with Crippen molar-refractivity contribution in [2.24, 2.45) is 5.10 Å². The monoisotopic (exact) mass is 352 g/mol. The van der Waals surface area contributed by atoms with E-state index in [1.807, 2.05) is 38.4 Å². The van der Waals surface area contributed by atoms with Crippen LogP contribution >= 0.6 is 23.2 Å². The summed E-state index contributed by atoms with van der Waals surface area (Å²) in [4.78, 5) is 0. The van der Waals surface area contributed by atoms with Crippen LogP contribution in [0.4, 0.5) is 0 Å². The van der Waals surface area contributed by atoms with Gasteiger partial charge in [0, 0.05) is 29.7 Å². The second-order valence-corrected chi connectivity index (χ2v) is 5.87. The van der Waals surface area contributed by atoms with E-state index in [1.54, 1.807) is 30.5 Å². The van der Waals surface area contributed by atoms with Crippen LogP contribution in [0.15, 0.2) is 41.5 Å². The molecular formula is C17H18Cl2N2O2. The average Bonchev–Trinajstić information content (AvgIpc) is 2.52. The summed E-state index contributed by atoms with van der Waals surface area (Å²) >= 11 is 12.1. The van der Waals surface area contributed by atoms with E-state index in [1.165, 1.54) is 0 Å². The van der Waals surface area contributed by atoms with Crippen molar-refractivity contribution in [3.63, 3.8) is 0 Å². The predicted molar refractivity (Wildman–Crippen MR) is 95.1 cm³/mol. The van der Waals surface area contributed by atoms with E-state index >= 15 is 0 Å². The zero-order chi connectivity index (χ0) is 16.8. The Balaban J connectivity index is 2.18. The third-order valence-electron chi connectivity index (χ3n) is 3.02. The van der Waals surface area contributed by atoms with Crippen molar-refractivity contribution in [1.29, 1.82) is 0 Å². The molecule has 0 aliphatic heterocycles. The Labute approximate surface area is 146 Å². The third-order valence-corrected chi connectivity index (χ3v) is 3.61. The molecule has 0 heterocycles.